The van der Waals surface area contributed by atoms with Gasteiger partial charge in [0.05, 0.1) is 33.3 Å². The van der Waals surface area contributed by atoms with Gasteiger partial charge < -0.3 is 33.6 Å². The largest absolute Gasteiger partial charge is 0.497 e. The van der Waals surface area contributed by atoms with Crippen LogP contribution in [-0.4, -0.2) is 140 Å². The first-order valence-corrected chi connectivity index (χ1v) is 22.4. The second-order valence-corrected chi connectivity index (χ2v) is 19.9. The van der Waals surface area contributed by atoms with Crippen molar-refractivity contribution in [1.29, 1.82) is 0 Å². The van der Waals surface area contributed by atoms with E-state index in [1.807, 2.05) is 0 Å². The van der Waals surface area contributed by atoms with Crippen LogP contribution in [0.1, 0.15) is 86.4 Å². The SMILES string of the molecule is COc1ccc(COC(=O)C2=C(C[N+]3(CCN(O)C(C)=O)CCCC3)CS[C@@H]3[C@H](NC(=O)/C(=N\OC(C)(C)C(=O)OC(C)(C)C)c4csc(NC(=O)OC(C)(C)C)n4)C(=O)N23)cc1. The number of hydrogen-bond donors (Lipinski definition) is 3. The van der Waals surface area contributed by atoms with Crippen LogP contribution in [0.15, 0.2) is 46.1 Å². The molecule has 0 spiro atoms. The van der Waals surface area contributed by atoms with Gasteiger partial charge in [0.1, 0.15) is 52.9 Å². The molecule has 2 atom stereocenters. The molecule has 0 aliphatic carbocycles. The van der Waals surface area contributed by atoms with Crippen molar-refractivity contribution in [3.8, 4) is 5.75 Å². The van der Waals surface area contributed by atoms with Gasteiger partial charge in [0.25, 0.3) is 11.8 Å². The molecule has 0 bridgehead atoms. The van der Waals surface area contributed by atoms with Crippen LogP contribution in [-0.2, 0) is 49.6 Å². The monoisotopic (exact) mass is 916 g/mol. The van der Waals surface area contributed by atoms with E-state index < -0.39 is 69.7 Å². The topological polar surface area (TPSA) is 225 Å². The Hall–Kier alpha value is -5.25. The van der Waals surface area contributed by atoms with Gasteiger partial charge >= 0.3 is 18.0 Å². The number of nitrogens with one attached hydrogen (secondary N) is 2. The zero-order valence-electron chi connectivity index (χ0n) is 37.4. The Kier molecular flexibility index (Phi) is 15.2. The van der Waals surface area contributed by atoms with Gasteiger partial charge in [0.2, 0.25) is 11.5 Å². The number of carbonyl (C=O) groups is 6. The number of quaternary nitrogens is 1. The molecule has 3 aliphatic rings. The molecule has 0 unspecified atom stereocenters. The first-order valence-electron chi connectivity index (χ1n) is 20.5. The summed E-state index contributed by atoms with van der Waals surface area (Å²) in [6.07, 6.45) is 1.03. The zero-order valence-corrected chi connectivity index (χ0v) is 39.0. The molecule has 2 saturated heterocycles. The Morgan fingerprint density at radius 2 is 1.65 bits per heavy atom. The quantitative estimate of drug-likeness (QED) is 0.0399. The Labute approximate surface area is 375 Å². The van der Waals surface area contributed by atoms with Gasteiger partial charge in [-0.1, -0.05) is 17.3 Å². The maximum Gasteiger partial charge on any atom is 0.413 e. The number of hydroxylamine groups is 2. The molecule has 0 saturated carbocycles. The zero-order chi connectivity index (χ0) is 46.5. The highest BCUT2D eigenvalue weighted by molar-refractivity contribution is 8.00. The van der Waals surface area contributed by atoms with E-state index >= 15 is 0 Å². The number of oxime groups is 1. The van der Waals surface area contributed by atoms with Gasteiger partial charge in [0, 0.05) is 36.5 Å². The lowest BCUT2D eigenvalue weighted by Gasteiger charge is -2.50. The molecule has 344 valence electrons. The summed E-state index contributed by atoms with van der Waals surface area (Å²) in [5.41, 5.74) is -2.34. The molecule has 3 N–H and O–H groups in total. The van der Waals surface area contributed by atoms with Gasteiger partial charge in [-0.3, -0.25) is 29.8 Å². The molecule has 0 radical (unpaired) electrons. The summed E-state index contributed by atoms with van der Waals surface area (Å²) in [6, 6.07) is 5.87. The molecule has 21 heteroatoms. The predicted octanol–water partition coefficient (Wildman–Crippen LogP) is 4.59. The molecule has 4 amide bonds. The number of likely N-dealkylation sites (tertiary alicyclic amines) is 1. The van der Waals surface area contributed by atoms with E-state index in [0.29, 0.717) is 45.3 Å². The number of hydrogen-bond acceptors (Lipinski definition) is 16. The molecule has 3 aliphatic heterocycles. The third kappa shape index (κ3) is 12.7. The molecule has 19 nitrogen and oxygen atoms in total. The van der Waals surface area contributed by atoms with Crippen molar-refractivity contribution in [2.75, 3.05) is 50.9 Å². The number of β-lactam (4-membered cyclic amide) rings is 1. The first-order chi connectivity index (χ1) is 29.4. The third-order valence-electron chi connectivity index (χ3n) is 10.1. The highest BCUT2D eigenvalue weighted by atomic mass is 32.2. The van der Waals surface area contributed by atoms with Crippen LogP contribution in [0.5, 0.6) is 5.75 Å². The number of methoxy groups -OCH3 is 1. The Morgan fingerprint density at radius 3 is 2.25 bits per heavy atom. The number of fused-ring (bicyclic) bond motifs is 1. The molecular formula is C42H58N7O12S2+. The average molecular weight is 917 g/mol. The number of carbonyl (C=O) groups excluding carboxylic acids is 6. The van der Waals surface area contributed by atoms with Crippen LogP contribution < -0.4 is 15.4 Å². The number of amides is 4. The fourth-order valence-corrected chi connectivity index (χ4v) is 8.93. The minimum absolute atomic E-state index is 0.0423. The van der Waals surface area contributed by atoms with Crippen LogP contribution in [0.4, 0.5) is 9.93 Å². The van der Waals surface area contributed by atoms with Crippen molar-refractivity contribution in [3.63, 3.8) is 0 Å². The van der Waals surface area contributed by atoms with E-state index in [1.165, 1.54) is 42.8 Å². The number of benzene rings is 1. The van der Waals surface area contributed by atoms with Gasteiger partial charge in [0.15, 0.2) is 10.8 Å². The molecule has 1 aromatic carbocycles. The summed E-state index contributed by atoms with van der Waals surface area (Å²) in [6.45, 7) is 16.6. The lowest BCUT2D eigenvalue weighted by molar-refractivity contribution is -0.912. The highest BCUT2D eigenvalue weighted by Crippen LogP contribution is 2.42. The molecule has 4 heterocycles. The minimum atomic E-state index is -1.67. The summed E-state index contributed by atoms with van der Waals surface area (Å²) >= 11 is 2.33. The molecule has 2 fully saturated rings. The molecule has 63 heavy (non-hydrogen) atoms. The van der Waals surface area contributed by atoms with E-state index in [9.17, 15) is 34.0 Å². The normalized spacial score (nSPS) is 18.7. The number of esters is 2. The van der Waals surface area contributed by atoms with Gasteiger partial charge in [-0.2, -0.15) is 0 Å². The molecule has 1 aromatic heterocycles. The Morgan fingerprint density at radius 1 is 1.00 bits per heavy atom. The summed E-state index contributed by atoms with van der Waals surface area (Å²) in [5.74, 6) is -2.49. The van der Waals surface area contributed by atoms with Gasteiger partial charge in [-0.25, -0.2) is 24.4 Å². The number of thiazole rings is 1. The Bertz CT molecular complexity index is 2120. The van der Waals surface area contributed by atoms with Crippen molar-refractivity contribution in [1.82, 2.24) is 20.3 Å². The van der Waals surface area contributed by atoms with Crippen molar-refractivity contribution in [2.24, 2.45) is 5.16 Å². The van der Waals surface area contributed by atoms with E-state index in [1.54, 1.807) is 72.9 Å². The smallest absolute Gasteiger partial charge is 0.413 e. The maximum absolute atomic E-state index is 14.2. The van der Waals surface area contributed by atoms with E-state index in [-0.39, 0.29) is 29.7 Å². The fourth-order valence-electron chi connectivity index (χ4n) is 6.91. The fraction of sp³-hybridized carbons (Fsp3) is 0.571. The van der Waals surface area contributed by atoms with Crippen LogP contribution in [0.3, 0.4) is 0 Å². The Balaban J connectivity index is 1.43. The molecule has 2 aromatic rings. The minimum Gasteiger partial charge on any atom is -0.497 e. The third-order valence-corrected chi connectivity index (χ3v) is 12.2. The van der Waals surface area contributed by atoms with Gasteiger partial charge in [-0.05, 0) is 73.1 Å². The summed E-state index contributed by atoms with van der Waals surface area (Å²) in [4.78, 5) is 91.4. The first kappa shape index (κ1) is 48.8. The van der Waals surface area contributed by atoms with E-state index in [0.717, 1.165) is 37.3 Å². The summed E-state index contributed by atoms with van der Waals surface area (Å²) in [5, 5.41) is 21.0. The number of rotatable bonds is 16. The second kappa shape index (κ2) is 19.6. The van der Waals surface area contributed by atoms with Crippen molar-refractivity contribution in [2.45, 2.75) is 110 Å². The van der Waals surface area contributed by atoms with Crippen molar-refractivity contribution < 1.29 is 62.2 Å². The molecule has 5 rings (SSSR count). The predicted molar refractivity (Wildman–Crippen MR) is 232 cm³/mol. The lowest BCUT2D eigenvalue weighted by Crippen LogP contribution is -2.71. The average Bonchev–Trinajstić information content (AvgIpc) is 3.86. The number of aromatic nitrogens is 1. The van der Waals surface area contributed by atoms with Crippen LogP contribution >= 0.6 is 23.1 Å². The maximum atomic E-state index is 14.2. The van der Waals surface area contributed by atoms with Gasteiger partial charge in [-0.15, -0.1) is 23.1 Å². The summed E-state index contributed by atoms with van der Waals surface area (Å²) < 4.78 is 22.4. The standard InChI is InChI=1S/C42H57N7O12S2/c1-25(50)47(56)17-20-49(18-11-12-19-49)21-27-23-62-35-31(34(52)48(35)32(27)36(53)58-22-26-13-15-28(57-10)16-14-26)44-33(51)30(46-61-42(8,9)37(54)59-40(2,3)4)29-24-63-38(43-29)45-39(55)60-41(5,6)7/h13-16,24,31,35,56H,11-12,17-23H2,1-10H3,(H-,43,44,45,51,55)/p+1/b46-30-/t31-,35-/m1/s1. The number of thioether (sulfide) groups is 1. The van der Waals surface area contributed by atoms with Crippen molar-refractivity contribution >= 4 is 69.7 Å². The molecular weight excluding hydrogens is 859 g/mol. The van der Waals surface area contributed by atoms with Crippen LogP contribution in [0, 0.1) is 0 Å². The van der Waals surface area contributed by atoms with Crippen LogP contribution in [0.25, 0.3) is 0 Å². The number of nitrogens with zero attached hydrogens (tertiary/aromatic N) is 5. The summed E-state index contributed by atoms with van der Waals surface area (Å²) in [7, 11) is 1.55. The second-order valence-electron chi connectivity index (χ2n) is 18.0. The van der Waals surface area contributed by atoms with E-state index in [4.69, 9.17) is 23.8 Å². The highest BCUT2D eigenvalue weighted by Gasteiger charge is 2.55. The number of ether oxygens (including phenoxy) is 4. The lowest BCUT2D eigenvalue weighted by atomic mass is 10.0. The van der Waals surface area contributed by atoms with E-state index in [2.05, 4.69) is 20.8 Å². The number of anilines is 1. The van der Waals surface area contributed by atoms with Crippen molar-refractivity contribution in [3.05, 3.63) is 52.2 Å². The van der Waals surface area contributed by atoms with Crippen LogP contribution in [0.2, 0.25) is 0 Å².